The highest BCUT2D eigenvalue weighted by Crippen LogP contribution is 2.34. The zero-order valence-corrected chi connectivity index (χ0v) is 18.4. The summed E-state index contributed by atoms with van der Waals surface area (Å²) in [5.41, 5.74) is 8.78. The van der Waals surface area contributed by atoms with Crippen molar-refractivity contribution in [2.45, 2.75) is 0 Å². The van der Waals surface area contributed by atoms with Crippen LogP contribution in [0.2, 0.25) is 0 Å². The third-order valence-corrected chi connectivity index (χ3v) is 6.63. The molecule has 1 aliphatic heterocycles. The van der Waals surface area contributed by atoms with E-state index < -0.39 is 5.91 Å². The minimum Gasteiger partial charge on any atom is -0.439 e. The van der Waals surface area contributed by atoms with Gasteiger partial charge in [0.15, 0.2) is 11.5 Å². The van der Waals surface area contributed by atoms with Crippen molar-refractivity contribution >= 4 is 39.1 Å². The zero-order chi connectivity index (χ0) is 22.9. The number of hydrogen-bond donors (Lipinski definition) is 3. The first-order chi connectivity index (χ1) is 16.0. The summed E-state index contributed by atoms with van der Waals surface area (Å²) in [6.45, 7) is 3.20. The fourth-order valence-corrected chi connectivity index (χ4v) is 4.88. The van der Waals surface area contributed by atoms with E-state index in [-0.39, 0.29) is 16.7 Å². The van der Waals surface area contributed by atoms with Crippen LogP contribution in [0.3, 0.4) is 0 Å². The van der Waals surface area contributed by atoms with E-state index in [9.17, 15) is 9.59 Å². The first kappa shape index (κ1) is 21.0. The van der Waals surface area contributed by atoms with Gasteiger partial charge in [0.05, 0.1) is 5.71 Å². The van der Waals surface area contributed by atoms with Crippen molar-refractivity contribution in [1.29, 1.82) is 5.41 Å². The normalized spacial score (nSPS) is 13.9. The number of pyridine rings is 1. The number of benzene rings is 1. The minimum atomic E-state index is -0.592. The molecule has 1 aliphatic rings. The van der Waals surface area contributed by atoms with Crippen LogP contribution < -0.4 is 21.4 Å². The summed E-state index contributed by atoms with van der Waals surface area (Å²) in [6, 6.07) is 10.1. The van der Waals surface area contributed by atoms with Gasteiger partial charge in [-0.25, -0.2) is 0 Å². The molecule has 0 radical (unpaired) electrons. The molecule has 1 amide bonds. The number of primary amides is 1. The van der Waals surface area contributed by atoms with Crippen LogP contribution >= 0.6 is 11.3 Å². The number of aromatic nitrogens is 1. The molecule has 0 unspecified atom stereocenters. The molecular weight excluding hydrogens is 438 g/mol. The minimum absolute atomic E-state index is 0.0757. The molecule has 8 nitrogen and oxygen atoms in total. The Kier molecular flexibility index (Phi) is 5.49. The first-order valence-electron chi connectivity index (χ1n) is 10.5. The van der Waals surface area contributed by atoms with Crippen LogP contribution in [-0.4, -0.2) is 42.8 Å². The van der Waals surface area contributed by atoms with E-state index in [4.69, 9.17) is 15.6 Å². The summed E-state index contributed by atoms with van der Waals surface area (Å²) in [5, 5.41) is 13.8. The van der Waals surface area contributed by atoms with Crippen molar-refractivity contribution in [2.75, 3.05) is 31.1 Å². The fraction of sp³-hybridized carbons (Fsp3) is 0.167. The number of carbonyl (C=O) groups is 1. The average molecular weight is 460 g/mol. The number of nitrogens with two attached hydrogens (primary N) is 1. The van der Waals surface area contributed by atoms with E-state index in [2.05, 4.69) is 15.2 Å². The molecule has 4 heterocycles. The maximum atomic E-state index is 12.8. The highest BCUT2D eigenvalue weighted by atomic mass is 32.1. The molecule has 1 saturated heterocycles. The standard InChI is InChI=1S/C24H21N5O3S/c25-21(16-3-1-2-4-17(16)24(26)31)15-9-14(11-28-12-15)18-13-33-23-19(30)10-20(32-22(18)23)29-7-5-27-6-8-29/h1-4,9-13,25,27H,5-8H2,(H2,26,31). The molecule has 0 atom stereocenters. The molecule has 9 heteroatoms. The van der Waals surface area contributed by atoms with Crippen molar-refractivity contribution in [3.63, 3.8) is 0 Å². The second-order valence-corrected chi connectivity index (χ2v) is 8.62. The lowest BCUT2D eigenvalue weighted by molar-refractivity contribution is 0.1000. The Morgan fingerprint density at radius 1 is 1.15 bits per heavy atom. The van der Waals surface area contributed by atoms with Gasteiger partial charge in [-0.3, -0.25) is 20.0 Å². The quantitative estimate of drug-likeness (QED) is 0.394. The monoisotopic (exact) mass is 459 g/mol. The number of amides is 1. The van der Waals surface area contributed by atoms with Gasteiger partial charge in [0.2, 0.25) is 11.3 Å². The Hall–Kier alpha value is -3.82. The van der Waals surface area contributed by atoms with Crippen molar-refractivity contribution in [1.82, 2.24) is 10.3 Å². The SMILES string of the molecule is N=C(c1cncc(-c2csc3c(=O)cc(N4CCNCC4)oc23)c1)c1ccccc1C(N)=O. The van der Waals surface area contributed by atoms with E-state index in [0.717, 1.165) is 37.3 Å². The van der Waals surface area contributed by atoms with Gasteiger partial charge in [-0.15, -0.1) is 11.3 Å². The maximum Gasteiger partial charge on any atom is 0.249 e. The fourth-order valence-electron chi connectivity index (χ4n) is 3.97. The Bertz CT molecular complexity index is 1440. The number of rotatable bonds is 5. The van der Waals surface area contributed by atoms with Gasteiger partial charge in [-0.2, -0.15) is 0 Å². The number of fused-ring (bicyclic) bond motifs is 1. The summed E-state index contributed by atoms with van der Waals surface area (Å²) in [5.74, 6) is -0.0357. The molecule has 4 aromatic rings. The molecule has 0 spiro atoms. The Morgan fingerprint density at radius 2 is 1.91 bits per heavy atom. The van der Waals surface area contributed by atoms with Gasteiger partial charge in [-0.1, -0.05) is 18.2 Å². The van der Waals surface area contributed by atoms with Crippen molar-refractivity contribution in [3.8, 4) is 11.1 Å². The highest BCUT2D eigenvalue weighted by Gasteiger charge is 2.19. The molecule has 0 aliphatic carbocycles. The van der Waals surface area contributed by atoms with Gasteiger partial charge in [0, 0.05) is 77.8 Å². The molecule has 1 fully saturated rings. The van der Waals surface area contributed by atoms with Crippen molar-refractivity contribution in [3.05, 3.63) is 81.1 Å². The Morgan fingerprint density at radius 3 is 2.67 bits per heavy atom. The lowest BCUT2D eigenvalue weighted by Gasteiger charge is -2.27. The number of nitrogens with zero attached hydrogens (tertiary/aromatic N) is 2. The molecule has 3 aromatic heterocycles. The number of thiophene rings is 1. The topological polar surface area (TPSA) is 125 Å². The van der Waals surface area contributed by atoms with Crippen LogP contribution in [0.1, 0.15) is 21.5 Å². The number of anilines is 1. The van der Waals surface area contributed by atoms with E-state index in [0.29, 0.717) is 27.3 Å². The summed E-state index contributed by atoms with van der Waals surface area (Å²) >= 11 is 1.33. The lowest BCUT2D eigenvalue weighted by atomic mass is 9.97. The Balaban J connectivity index is 1.57. The maximum absolute atomic E-state index is 12.8. The summed E-state index contributed by atoms with van der Waals surface area (Å²) < 4.78 is 6.75. The summed E-state index contributed by atoms with van der Waals surface area (Å²) in [4.78, 5) is 30.9. The first-order valence-corrected chi connectivity index (χ1v) is 11.4. The van der Waals surface area contributed by atoms with Gasteiger partial charge in [0.1, 0.15) is 4.70 Å². The van der Waals surface area contributed by atoms with Gasteiger partial charge < -0.3 is 20.4 Å². The number of piperazine rings is 1. The molecular formula is C24H21N5O3S. The molecule has 4 N–H and O–H groups in total. The van der Waals surface area contributed by atoms with E-state index in [1.54, 1.807) is 42.7 Å². The molecule has 166 valence electrons. The van der Waals surface area contributed by atoms with Crippen LogP contribution in [-0.2, 0) is 0 Å². The number of nitrogens with one attached hydrogen (secondary N) is 2. The van der Waals surface area contributed by atoms with Gasteiger partial charge in [0.25, 0.3) is 0 Å². The highest BCUT2D eigenvalue weighted by molar-refractivity contribution is 7.17. The van der Waals surface area contributed by atoms with Gasteiger partial charge in [-0.05, 0) is 12.1 Å². The third kappa shape index (κ3) is 3.92. The molecule has 33 heavy (non-hydrogen) atoms. The van der Waals surface area contributed by atoms with Crippen LogP contribution in [0.15, 0.2) is 63.4 Å². The van der Waals surface area contributed by atoms with Crippen molar-refractivity contribution < 1.29 is 9.21 Å². The van der Waals surface area contributed by atoms with Crippen LogP contribution in [0.5, 0.6) is 0 Å². The number of hydrogen-bond acceptors (Lipinski definition) is 8. The smallest absolute Gasteiger partial charge is 0.249 e. The summed E-state index contributed by atoms with van der Waals surface area (Å²) in [6.07, 6.45) is 3.25. The molecule has 0 bridgehead atoms. The predicted molar refractivity (Wildman–Crippen MR) is 130 cm³/mol. The molecule has 5 rings (SSSR count). The average Bonchev–Trinajstić information content (AvgIpc) is 3.29. The Labute approximate surface area is 193 Å². The molecule has 1 aromatic carbocycles. The van der Waals surface area contributed by atoms with Crippen LogP contribution in [0.4, 0.5) is 5.88 Å². The lowest BCUT2D eigenvalue weighted by Crippen LogP contribution is -2.43. The van der Waals surface area contributed by atoms with Gasteiger partial charge >= 0.3 is 0 Å². The third-order valence-electron chi connectivity index (χ3n) is 5.66. The van der Waals surface area contributed by atoms with Crippen LogP contribution in [0, 0.1) is 5.41 Å². The molecule has 0 saturated carbocycles. The zero-order valence-electron chi connectivity index (χ0n) is 17.6. The van der Waals surface area contributed by atoms with Crippen LogP contribution in [0.25, 0.3) is 21.4 Å². The van der Waals surface area contributed by atoms with E-state index >= 15 is 0 Å². The number of carbonyl (C=O) groups excluding carboxylic acids is 1. The second kappa shape index (κ2) is 8.61. The second-order valence-electron chi connectivity index (χ2n) is 7.74. The predicted octanol–water partition coefficient (Wildman–Crippen LogP) is 2.84. The van der Waals surface area contributed by atoms with E-state index in [1.165, 1.54) is 11.3 Å². The largest absolute Gasteiger partial charge is 0.439 e. The summed E-state index contributed by atoms with van der Waals surface area (Å²) in [7, 11) is 0. The van der Waals surface area contributed by atoms with E-state index in [1.807, 2.05) is 11.4 Å². The van der Waals surface area contributed by atoms with Crippen molar-refractivity contribution in [2.24, 2.45) is 5.73 Å².